The fraction of sp³-hybridized carbons (Fsp3) is 0.889. The Morgan fingerprint density at radius 1 is 1.57 bits per heavy atom. The van der Waals surface area contributed by atoms with Gasteiger partial charge in [0.2, 0.25) is 5.91 Å². The molecule has 1 aliphatic carbocycles. The number of carbonyl (C=O) groups excluding carboxylic acids is 1. The van der Waals surface area contributed by atoms with E-state index in [-0.39, 0.29) is 11.2 Å². The third kappa shape index (κ3) is 3.06. The van der Waals surface area contributed by atoms with Crippen LogP contribution >= 0.6 is 0 Å². The molecule has 0 saturated heterocycles. The van der Waals surface area contributed by atoms with Crippen molar-refractivity contribution in [1.29, 1.82) is 0 Å². The molecule has 1 aliphatic rings. The van der Waals surface area contributed by atoms with Crippen LogP contribution in [0, 0.1) is 0 Å². The van der Waals surface area contributed by atoms with Crippen LogP contribution < -0.4 is 11.1 Å². The second-order valence-electron chi connectivity index (χ2n) is 3.80. The van der Waals surface area contributed by atoms with Gasteiger partial charge >= 0.3 is 0 Å². The molecule has 3 N–H and O–H groups in total. The summed E-state index contributed by atoms with van der Waals surface area (Å²) in [6.07, 6.45) is 2.11. The molecule has 0 bridgehead atoms. The third-order valence-electron chi connectivity index (χ3n) is 2.37. The van der Waals surface area contributed by atoms with Gasteiger partial charge in [-0.15, -0.1) is 0 Å². The minimum absolute atomic E-state index is 0.105. The summed E-state index contributed by atoms with van der Waals surface area (Å²) in [5.74, 6) is -0.105. The van der Waals surface area contributed by atoms with Gasteiger partial charge in [-0.1, -0.05) is 0 Å². The summed E-state index contributed by atoms with van der Waals surface area (Å²) in [6, 6.07) is 0.329. The van der Waals surface area contributed by atoms with Crippen molar-refractivity contribution in [1.82, 2.24) is 5.32 Å². The van der Waals surface area contributed by atoms with E-state index in [9.17, 15) is 9.00 Å². The van der Waals surface area contributed by atoms with Crippen LogP contribution in [-0.2, 0) is 15.6 Å². The summed E-state index contributed by atoms with van der Waals surface area (Å²) in [4.78, 5) is 11.5. The monoisotopic (exact) mass is 218 g/mol. The average molecular weight is 218 g/mol. The van der Waals surface area contributed by atoms with Gasteiger partial charge in [-0.05, 0) is 26.7 Å². The minimum Gasteiger partial charge on any atom is -0.352 e. The lowest BCUT2D eigenvalue weighted by atomic mass is 10.4. The molecule has 0 radical (unpaired) electrons. The summed E-state index contributed by atoms with van der Waals surface area (Å²) >= 11 is 0. The van der Waals surface area contributed by atoms with Crippen molar-refractivity contribution in [2.24, 2.45) is 5.73 Å². The van der Waals surface area contributed by atoms with Crippen molar-refractivity contribution in [3.05, 3.63) is 0 Å². The fourth-order valence-corrected chi connectivity index (χ4v) is 2.26. The Hall–Kier alpha value is -0.420. The van der Waals surface area contributed by atoms with E-state index in [2.05, 4.69) is 5.32 Å². The number of carbonyl (C=O) groups is 1. The van der Waals surface area contributed by atoms with E-state index in [4.69, 9.17) is 5.73 Å². The van der Waals surface area contributed by atoms with Crippen molar-refractivity contribution in [2.45, 2.75) is 43.2 Å². The molecule has 0 aromatic carbocycles. The molecule has 0 aliphatic heterocycles. The summed E-state index contributed by atoms with van der Waals surface area (Å²) in [6.45, 7) is 3.85. The predicted molar refractivity (Wildman–Crippen MR) is 57.3 cm³/mol. The lowest BCUT2D eigenvalue weighted by Crippen LogP contribution is -2.40. The first-order valence-corrected chi connectivity index (χ1v) is 6.23. The van der Waals surface area contributed by atoms with Gasteiger partial charge in [0.1, 0.15) is 5.25 Å². The molecule has 0 aromatic heterocycles. The number of hydrogen-bond donors (Lipinski definition) is 2. The molecule has 0 heterocycles. The lowest BCUT2D eigenvalue weighted by molar-refractivity contribution is -0.120. The maximum atomic E-state index is 11.7. The van der Waals surface area contributed by atoms with Crippen molar-refractivity contribution in [2.75, 3.05) is 6.54 Å². The highest BCUT2D eigenvalue weighted by Crippen LogP contribution is 2.19. The van der Waals surface area contributed by atoms with Crippen LogP contribution in [-0.4, -0.2) is 33.2 Å². The number of nitrogens with two attached hydrogens (primary N) is 1. The average Bonchev–Trinajstić information content (AvgIpc) is 2.97. The van der Waals surface area contributed by atoms with Crippen LogP contribution in [0.15, 0.2) is 0 Å². The first kappa shape index (κ1) is 11.7. The standard InChI is InChI=1S/C9H18N2O2S/c1-6(5-10)14(13)7(2)9(12)11-8-3-4-8/h6-8H,3-5,10H2,1-2H3,(H,11,12). The van der Waals surface area contributed by atoms with Crippen LogP contribution in [0.3, 0.4) is 0 Å². The van der Waals surface area contributed by atoms with E-state index in [0.717, 1.165) is 12.8 Å². The van der Waals surface area contributed by atoms with E-state index >= 15 is 0 Å². The zero-order valence-corrected chi connectivity index (χ0v) is 9.47. The van der Waals surface area contributed by atoms with Gasteiger partial charge < -0.3 is 11.1 Å². The molecule has 0 aromatic rings. The first-order chi connectivity index (χ1) is 6.56. The van der Waals surface area contributed by atoms with Crippen molar-refractivity contribution in [3.63, 3.8) is 0 Å². The Kier molecular flexibility index (Phi) is 4.07. The molecule has 1 amide bonds. The largest absolute Gasteiger partial charge is 0.352 e. The SMILES string of the molecule is CC(CN)S(=O)C(C)C(=O)NC1CC1. The van der Waals surface area contributed by atoms with Gasteiger partial charge in [0.25, 0.3) is 0 Å². The van der Waals surface area contributed by atoms with Crippen LogP contribution in [0.4, 0.5) is 0 Å². The Morgan fingerprint density at radius 3 is 2.57 bits per heavy atom. The topological polar surface area (TPSA) is 72.2 Å². The number of rotatable bonds is 5. The van der Waals surface area contributed by atoms with E-state index in [1.165, 1.54) is 0 Å². The Morgan fingerprint density at radius 2 is 2.14 bits per heavy atom. The van der Waals surface area contributed by atoms with Crippen molar-refractivity contribution >= 4 is 16.7 Å². The second-order valence-corrected chi connectivity index (χ2v) is 5.97. The maximum absolute atomic E-state index is 11.7. The zero-order valence-electron chi connectivity index (χ0n) is 8.66. The van der Waals surface area contributed by atoms with Gasteiger partial charge in [-0.25, -0.2) is 0 Å². The Labute approximate surface area is 87.1 Å². The van der Waals surface area contributed by atoms with Gasteiger partial charge in [0.05, 0.1) is 0 Å². The van der Waals surface area contributed by atoms with Gasteiger partial charge in [0, 0.05) is 28.6 Å². The van der Waals surface area contributed by atoms with Crippen molar-refractivity contribution in [3.8, 4) is 0 Å². The molecule has 3 atom stereocenters. The predicted octanol–water partition coefficient (Wildman–Crippen LogP) is -0.251. The summed E-state index contributed by atoms with van der Waals surface area (Å²) in [7, 11) is -1.17. The van der Waals surface area contributed by atoms with E-state index in [0.29, 0.717) is 12.6 Å². The molecule has 3 unspecified atom stereocenters. The quantitative estimate of drug-likeness (QED) is 0.668. The van der Waals surface area contributed by atoms with Gasteiger partial charge in [-0.3, -0.25) is 9.00 Å². The molecule has 0 spiro atoms. The smallest absolute Gasteiger partial charge is 0.235 e. The van der Waals surface area contributed by atoms with Crippen molar-refractivity contribution < 1.29 is 9.00 Å². The van der Waals surface area contributed by atoms with Gasteiger partial charge in [-0.2, -0.15) is 0 Å². The maximum Gasteiger partial charge on any atom is 0.235 e. The molecule has 1 rings (SSSR count). The first-order valence-electron chi connectivity index (χ1n) is 4.96. The number of amides is 1. The zero-order chi connectivity index (χ0) is 10.7. The van der Waals surface area contributed by atoms with Crippen LogP contribution in [0.1, 0.15) is 26.7 Å². The molecule has 4 nitrogen and oxygen atoms in total. The normalized spacial score (nSPS) is 22.5. The highest BCUT2D eigenvalue weighted by molar-refractivity contribution is 7.87. The second kappa shape index (κ2) is 4.89. The lowest BCUT2D eigenvalue weighted by Gasteiger charge is -2.15. The molecule has 82 valence electrons. The van der Waals surface area contributed by atoms with Crippen LogP contribution in [0.25, 0.3) is 0 Å². The number of nitrogens with one attached hydrogen (secondary N) is 1. The third-order valence-corrected chi connectivity index (χ3v) is 4.27. The van der Waals surface area contributed by atoms with Gasteiger partial charge in [0.15, 0.2) is 0 Å². The van der Waals surface area contributed by atoms with Crippen LogP contribution in [0.5, 0.6) is 0 Å². The summed E-state index contributed by atoms with van der Waals surface area (Å²) in [5, 5.41) is 2.28. The molecule has 1 fully saturated rings. The van der Waals surface area contributed by atoms with E-state index in [1.54, 1.807) is 13.8 Å². The molecular formula is C9H18N2O2S. The fourth-order valence-electron chi connectivity index (χ4n) is 1.10. The summed E-state index contributed by atoms with van der Waals surface area (Å²) in [5.41, 5.74) is 5.40. The molecular weight excluding hydrogens is 200 g/mol. The molecule has 1 saturated carbocycles. The highest BCUT2D eigenvalue weighted by Gasteiger charge is 2.29. The minimum atomic E-state index is -1.17. The summed E-state index contributed by atoms with van der Waals surface area (Å²) < 4.78 is 11.7. The molecule has 5 heteroatoms. The van der Waals surface area contributed by atoms with Crippen LogP contribution in [0.2, 0.25) is 0 Å². The number of hydrogen-bond acceptors (Lipinski definition) is 3. The Bertz CT molecular complexity index is 241. The van der Waals surface area contributed by atoms with E-state index in [1.807, 2.05) is 0 Å². The highest BCUT2D eigenvalue weighted by atomic mass is 32.2. The van der Waals surface area contributed by atoms with E-state index < -0.39 is 16.0 Å². The molecule has 14 heavy (non-hydrogen) atoms. The Balaban J connectivity index is 2.41.